The zero-order valence-electron chi connectivity index (χ0n) is 9.47. The van der Waals surface area contributed by atoms with E-state index in [4.69, 9.17) is 0 Å². The molecule has 1 N–H and O–H groups in total. The van der Waals surface area contributed by atoms with Crippen molar-refractivity contribution in [2.45, 2.75) is 19.4 Å². The van der Waals surface area contributed by atoms with E-state index in [-0.39, 0.29) is 5.56 Å². The third-order valence-corrected chi connectivity index (χ3v) is 2.66. The van der Waals surface area contributed by atoms with Crippen LogP contribution in [0.5, 0.6) is 0 Å². The third-order valence-electron chi connectivity index (χ3n) is 2.66. The van der Waals surface area contributed by atoms with E-state index >= 15 is 0 Å². The van der Waals surface area contributed by atoms with Crippen LogP contribution in [0.15, 0.2) is 36.8 Å². The van der Waals surface area contributed by atoms with Gasteiger partial charge in [0.15, 0.2) is 0 Å². The van der Waals surface area contributed by atoms with Gasteiger partial charge in [-0.15, -0.1) is 0 Å². The van der Waals surface area contributed by atoms with Crippen LogP contribution >= 0.6 is 0 Å². The van der Waals surface area contributed by atoms with Gasteiger partial charge in [0.1, 0.15) is 11.9 Å². The van der Waals surface area contributed by atoms with Crippen molar-refractivity contribution in [2.24, 2.45) is 0 Å². The molecule has 1 atom stereocenters. The molecule has 88 valence electrons. The summed E-state index contributed by atoms with van der Waals surface area (Å²) in [6.45, 7) is 1.97. The molecule has 0 fully saturated rings. The fourth-order valence-corrected chi connectivity index (χ4v) is 1.75. The van der Waals surface area contributed by atoms with E-state index in [1.165, 1.54) is 12.3 Å². The summed E-state index contributed by atoms with van der Waals surface area (Å²) < 4.78 is 13.5. The minimum atomic E-state index is -1.05. The first-order chi connectivity index (χ1) is 8.24. The van der Waals surface area contributed by atoms with Gasteiger partial charge in [0.05, 0.1) is 11.9 Å². The summed E-state index contributed by atoms with van der Waals surface area (Å²) in [6, 6.07) is 5.15. The number of hydrogen-bond donors (Lipinski definition) is 1. The standard InChI is InChI=1S/C13H13FN2O/c1-2-9-4-3-6-16-12(9)13(17)10-5-7-15-8-11(10)14/h3-8,13,17H,2H2,1H3. The number of aryl methyl sites for hydroxylation is 1. The molecule has 2 heterocycles. The summed E-state index contributed by atoms with van der Waals surface area (Å²) in [4.78, 5) is 7.79. The van der Waals surface area contributed by atoms with Crippen LogP contribution in [0.25, 0.3) is 0 Å². The molecule has 4 heteroatoms. The summed E-state index contributed by atoms with van der Waals surface area (Å²) in [5.74, 6) is -0.521. The van der Waals surface area contributed by atoms with Gasteiger partial charge < -0.3 is 5.11 Å². The van der Waals surface area contributed by atoms with E-state index in [0.717, 1.165) is 18.2 Å². The van der Waals surface area contributed by atoms with E-state index in [2.05, 4.69) is 9.97 Å². The van der Waals surface area contributed by atoms with Gasteiger partial charge in [0.2, 0.25) is 0 Å². The molecule has 0 aliphatic carbocycles. The number of aliphatic hydroxyl groups is 1. The molecule has 2 aromatic rings. The second-order valence-corrected chi connectivity index (χ2v) is 3.70. The van der Waals surface area contributed by atoms with E-state index in [1.54, 1.807) is 12.3 Å². The fraction of sp³-hybridized carbons (Fsp3) is 0.231. The summed E-state index contributed by atoms with van der Waals surface area (Å²) in [5.41, 5.74) is 1.62. The molecule has 0 aliphatic rings. The largest absolute Gasteiger partial charge is 0.382 e. The molecule has 17 heavy (non-hydrogen) atoms. The second kappa shape index (κ2) is 5.01. The van der Waals surface area contributed by atoms with Crippen molar-refractivity contribution in [3.63, 3.8) is 0 Å². The van der Waals surface area contributed by atoms with Crippen molar-refractivity contribution < 1.29 is 9.50 Å². The Balaban J connectivity index is 2.44. The Kier molecular flexibility index (Phi) is 3.44. The molecule has 3 nitrogen and oxygen atoms in total. The summed E-state index contributed by atoms with van der Waals surface area (Å²) in [5, 5.41) is 10.2. The lowest BCUT2D eigenvalue weighted by molar-refractivity contribution is 0.208. The molecular weight excluding hydrogens is 219 g/mol. The Morgan fingerprint density at radius 3 is 2.88 bits per heavy atom. The van der Waals surface area contributed by atoms with Crippen molar-refractivity contribution in [3.05, 3.63) is 59.4 Å². The maximum Gasteiger partial charge on any atom is 0.147 e. The number of hydrogen-bond acceptors (Lipinski definition) is 3. The Morgan fingerprint density at radius 2 is 2.18 bits per heavy atom. The van der Waals surface area contributed by atoms with Crippen LogP contribution in [0.4, 0.5) is 4.39 Å². The van der Waals surface area contributed by atoms with Crippen LogP contribution in [0, 0.1) is 5.82 Å². The van der Waals surface area contributed by atoms with Crippen molar-refractivity contribution in [1.29, 1.82) is 0 Å². The van der Waals surface area contributed by atoms with Gasteiger partial charge in [0.25, 0.3) is 0 Å². The monoisotopic (exact) mass is 232 g/mol. The van der Waals surface area contributed by atoms with Crippen LogP contribution in [0.3, 0.4) is 0 Å². The molecule has 0 radical (unpaired) electrons. The van der Waals surface area contributed by atoms with E-state index in [0.29, 0.717) is 5.69 Å². The van der Waals surface area contributed by atoms with E-state index < -0.39 is 11.9 Å². The van der Waals surface area contributed by atoms with Gasteiger partial charge in [-0.3, -0.25) is 9.97 Å². The number of nitrogens with zero attached hydrogens (tertiary/aromatic N) is 2. The van der Waals surface area contributed by atoms with Gasteiger partial charge >= 0.3 is 0 Å². The molecule has 0 spiro atoms. The zero-order chi connectivity index (χ0) is 12.3. The predicted molar refractivity (Wildman–Crippen MR) is 61.9 cm³/mol. The summed E-state index contributed by atoms with van der Waals surface area (Å²) >= 11 is 0. The molecule has 0 bridgehead atoms. The minimum Gasteiger partial charge on any atom is -0.382 e. The molecule has 2 rings (SSSR count). The molecule has 0 amide bonds. The molecule has 0 aliphatic heterocycles. The lowest BCUT2D eigenvalue weighted by Gasteiger charge is -2.14. The maximum absolute atomic E-state index is 13.5. The minimum absolute atomic E-state index is 0.202. The van der Waals surface area contributed by atoms with Crippen molar-refractivity contribution in [1.82, 2.24) is 9.97 Å². The van der Waals surface area contributed by atoms with E-state index in [1.807, 2.05) is 13.0 Å². The Bertz CT molecular complexity index is 516. The first-order valence-corrected chi connectivity index (χ1v) is 5.45. The van der Waals surface area contributed by atoms with Gasteiger partial charge in [-0.05, 0) is 24.1 Å². The molecular formula is C13H13FN2O. The van der Waals surface area contributed by atoms with Crippen LogP contribution in [0.2, 0.25) is 0 Å². The van der Waals surface area contributed by atoms with Crippen LogP contribution < -0.4 is 0 Å². The molecule has 2 aromatic heterocycles. The zero-order valence-corrected chi connectivity index (χ0v) is 9.47. The lowest BCUT2D eigenvalue weighted by Crippen LogP contribution is -2.08. The fourth-order valence-electron chi connectivity index (χ4n) is 1.75. The number of halogens is 1. The summed E-state index contributed by atoms with van der Waals surface area (Å²) in [6.07, 6.45) is 3.83. The van der Waals surface area contributed by atoms with E-state index in [9.17, 15) is 9.50 Å². The molecule has 0 saturated carbocycles. The normalized spacial score (nSPS) is 12.4. The van der Waals surface area contributed by atoms with Gasteiger partial charge in [-0.1, -0.05) is 13.0 Å². The first-order valence-electron chi connectivity index (χ1n) is 5.45. The Morgan fingerprint density at radius 1 is 1.35 bits per heavy atom. The number of pyridine rings is 2. The van der Waals surface area contributed by atoms with Gasteiger partial charge in [0, 0.05) is 18.0 Å². The Labute approximate surface area is 99.0 Å². The Hall–Kier alpha value is -1.81. The smallest absolute Gasteiger partial charge is 0.147 e. The van der Waals surface area contributed by atoms with Crippen LogP contribution in [-0.2, 0) is 6.42 Å². The van der Waals surface area contributed by atoms with Crippen LogP contribution in [-0.4, -0.2) is 15.1 Å². The predicted octanol–water partition coefficient (Wildman–Crippen LogP) is 2.26. The highest BCUT2D eigenvalue weighted by atomic mass is 19.1. The number of rotatable bonds is 3. The quantitative estimate of drug-likeness (QED) is 0.882. The molecule has 1 unspecified atom stereocenters. The highest BCUT2D eigenvalue weighted by Gasteiger charge is 2.18. The van der Waals surface area contributed by atoms with Gasteiger partial charge in [-0.2, -0.15) is 0 Å². The third kappa shape index (κ3) is 2.31. The van der Waals surface area contributed by atoms with Crippen molar-refractivity contribution >= 4 is 0 Å². The number of aromatic nitrogens is 2. The SMILES string of the molecule is CCc1cccnc1C(O)c1ccncc1F. The average Bonchev–Trinajstić information content (AvgIpc) is 2.38. The topological polar surface area (TPSA) is 46.0 Å². The molecule has 0 saturated heterocycles. The highest BCUT2D eigenvalue weighted by Crippen LogP contribution is 2.24. The van der Waals surface area contributed by atoms with Crippen molar-refractivity contribution in [2.75, 3.05) is 0 Å². The second-order valence-electron chi connectivity index (χ2n) is 3.70. The van der Waals surface area contributed by atoms with Crippen molar-refractivity contribution in [3.8, 4) is 0 Å². The number of aliphatic hydroxyl groups excluding tert-OH is 1. The molecule has 0 aromatic carbocycles. The highest BCUT2D eigenvalue weighted by molar-refractivity contribution is 5.30. The first kappa shape index (κ1) is 11.7. The van der Waals surface area contributed by atoms with Crippen LogP contribution in [0.1, 0.15) is 29.8 Å². The summed E-state index contributed by atoms with van der Waals surface area (Å²) in [7, 11) is 0. The van der Waals surface area contributed by atoms with Gasteiger partial charge in [-0.25, -0.2) is 4.39 Å². The lowest BCUT2D eigenvalue weighted by atomic mass is 10.0. The maximum atomic E-state index is 13.5. The average molecular weight is 232 g/mol.